The summed E-state index contributed by atoms with van der Waals surface area (Å²) in [7, 11) is 0. The Morgan fingerprint density at radius 1 is 0.196 bits per heavy atom. The summed E-state index contributed by atoms with van der Waals surface area (Å²) in [6.45, 7) is 3.14. The van der Waals surface area contributed by atoms with Gasteiger partial charge in [0.25, 0.3) is 0 Å². The largest absolute Gasteiger partial charge is 8.00 e. The SMILES string of the molecule is NC(N)=NCCC[C@H](N)C(=O)[O-].NC(N)=NCCC[C@H](N)C(=O)[O-].NC(N)=NCCC[C@H](N)C(=O)[O-].NC(N)=NCCC[C@H](N)C(=O)[O-].NC(N)=NCCC[C@H](N)C(=O)[O-].NC(N)=NCCC[C@H](N)C(=O)[O-].NC(N)=NCCC[C@H](N)C(=O)[O-].NC(N)=NCCC[C@H](N)C(=O)[O-].[Ru+8]. The summed E-state index contributed by atoms with van der Waals surface area (Å²) >= 11 is 0. The molecule has 560 valence electrons. The zero-order valence-electron chi connectivity index (χ0n) is 53.9. The van der Waals surface area contributed by atoms with Crippen molar-refractivity contribution in [1.29, 1.82) is 0 Å². The van der Waals surface area contributed by atoms with Gasteiger partial charge >= 0.3 is 19.5 Å². The van der Waals surface area contributed by atoms with E-state index < -0.39 is 96.1 Å². The average molecular weight is 1490 g/mol. The molecule has 0 aromatic rings. The molecule has 48 N–H and O–H groups in total. The monoisotopic (exact) mass is 1490 g/mol. The van der Waals surface area contributed by atoms with Gasteiger partial charge < -0.3 is 217 Å². The molecule has 0 aliphatic carbocycles. The van der Waals surface area contributed by atoms with Gasteiger partial charge in [0.1, 0.15) is 0 Å². The van der Waals surface area contributed by atoms with Gasteiger partial charge in [0.15, 0.2) is 47.7 Å². The summed E-state index contributed by atoms with van der Waals surface area (Å²) in [6.07, 6.45) is 6.83. The molecule has 0 aromatic carbocycles. The van der Waals surface area contributed by atoms with Gasteiger partial charge in [-0.3, -0.25) is 39.9 Å². The molecule has 0 saturated heterocycles. The van der Waals surface area contributed by atoms with Crippen LogP contribution in [0.15, 0.2) is 39.9 Å². The van der Waals surface area contributed by atoms with Gasteiger partial charge in [0, 0.05) is 101 Å². The second-order valence-electron chi connectivity index (χ2n) is 19.0. The van der Waals surface area contributed by atoms with Crippen LogP contribution < -0.4 is 178 Å². The van der Waals surface area contributed by atoms with Crippen LogP contribution in [0.4, 0.5) is 0 Å². The van der Waals surface area contributed by atoms with Crippen molar-refractivity contribution >= 4 is 95.4 Å². The first-order valence-electron chi connectivity index (χ1n) is 28.4. The van der Waals surface area contributed by atoms with Crippen molar-refractivity contribution in [3.8, 4) is 0 Å². The number of carbonyl (C=O) groups is 8. The molecule has 0 radical (unpaired) electrons. The fourth-order valence-electron chi connectivity index (χ4n) is 5.10. The number of nitrogens with zero attached hydrogens (tertiary/aromatic N) is 8. The number of carboxylic acids is 8. The molecule has 48 nitrogen and oxygen atoms in total. The van der Waals surface area contributed by atoms with Crippen LogP contribution in [-0.4, -0.2) is 196 Å². The average Bonchev–Trinajstić information content (AvgIpc) is 3.58. The molecule has 0 rings (SSSR count). The predicted molar refractivity (Wildman–Crippen MR) is 343 cm³/mol. The molecule has 8 atom stereocenters. The van der Waals surface area contributed by atoms with Crippen LogP contribution in [0.3, 0.4) is 0 Å². The number of aliphatic imine (C=N–C) groups is 8. The van der Waals surface area contributed by atoms with Crippen molar-refractivity contribution in [2.45, 2.75) is 151 Å². The first-order chi connectivity index (χ1) is 44.3. The first-order valence-corrected chi connectivity index (χ1v) is 28.4. The second kappa shape index (κ2) is 70.5. The van der Waals surface area contributed by atoms with Crippen molar-refractivity contribution in [2.75, 3.05) is 52.4 Å². The molecule has 0 fully saturated rings. The molecule has 97 heavy (non-hydrogen) atoms. The minimum Gasteiger partial charge on any atom is -0.548 e. The predicted octanol–water partition coefficient (Wildman–Crippen LogP) is -23.1. The van der Waals surface area contributed by atoms with E-state index in [2.05, 4.69) is 39.9 Å². The van der Waals surface area contributed by atoms with E-state index in [0.717, 1.165) is 0 Å². The quantitative estimate of drug-likeness (QED) is 0.0117. The Kier molecular flexibility index (Phi) is 77.1. The van der Waals surface area contributed by atoms with E-state index in [0.29, 0.717) is 155 Å². The van der Waals surface area contributed by atoms with Crippen molar-refractivity contribution in [3.05, 3.63) is 0 Å². The number of rotatable bonds is 40. The molecule has 0 aliphatic heterocycles. The van der Waals surface area contributed by atoms with Gasteiger partial charge in [0.2, 0.25) is 0 Å². The minimum atomic E-state index is -1.25. The van der Waals surface area contributed by atoms with Crippen molar-refractivity contribution < 1.29 is 98.7 Å². The summed E-state index contributed by atoms with van der Waals surface area (Å²) in [6, 6.07) is -7.45. The molecular formula is C48H104N32O16Ru. The molecule has 0 bridgehead atoms. The molecule has 0 unspecified atom stereocenters. The Morgan fingerprint density at radius 3 is 0.320 bits per heavy atom. The maximum atomic E-state index is 10.1. The third-order valence-electron chi connectivity index (χ3n) is 10.2. The fourth-order valence-corrected chi connectivity index (χ4v) is 5.10. The number of hydrogen-bond acceptors (Lipinski definition) is 32. The Hall–Kier alpha value is -9.78. The number of guanidine groups is 8. The zero-order valence-corrected chi connectivity index (χ0v) is 55.6. The van der Waals surface area contributed by atoms with E-state index in [9.17, 15) is 79.2 Å². The summed E-state index contributed by atoms with van der Waals surface area (Å²) in [5, 5.41) is 80.8. The van der Waals surface area contributed by atoms with Crippen LogP contribution in [0, 0.1) is 0 Å². The van der Waals surface area contributed by atoms with E-state index in [-0.39, 0.29) is 67.2 Å². The smallest absolute Gasteiger partial charge is 0.548 e. The van der Waals surface area contributed by atoms with Crippen LogP contribution in [-0.2, 0) is 57.8 Å². The molecular weight excluding hydrogens is 1380 g/mol. The van der Waals surface area contributed by atoms with Gasteiger partial charge in [-0.1, -0.05) is 0 Å². The third kappa shape index (κ3) is 100.0. The van der Waals surface area contributed by atoms with E-state index in [1.54, 1.807) is 0 Å². The Balaban J connectivity index is -0.000000130. The maximum absolute atomic E-state index is 10.1. The Labute approximate surface area is 573 Å². The van der Waals surface area contributed by atoms with Gasteiger partial charge in [-0.25, -0.2) is 0 Å². The van der Waals surface area contributed by atoms with E-state index >= 15 is 0 Å². The summed E-state index contributed by atoms with van der Waals surface area (Å²) < 4.78 is 0. The molecule has 49 heteroatoms. The molecule has 0 heterocycles. The number of nitrogens with two attached hydrogens (primary N) is 24. The number of carboxylic acid groups (broad SMARTS) is 8. The molecule has 0 amide bonds. The zero-order chi connectivity index (χ0) is 76.5. The molecule has 0 saturated carbocycles. The van der Waals surface area contributed by atoms with Crippen molar-refractivity contribution in [3.63, 3.8) is 0 Å². The van der Waals surface area contributed by atoms with E-state index in [1.807, 2.05) is 0 Å². The maximum Gasteiger partial charge on any atom is 8.00 e. The van der Waals surface area contributed by atoms with Crippen LogP contribution >= 0.6 is 0 Å². The molecule has 0 aromatic heterocycles. The molecule has 0 spiro atoms. The Morgan fingerprint density at radius 2 is 0.268 bits per heavy atom. The fraction of sp³-hybridized carbons (Fsp3) is 0.667. The minimum absolute atomic E-state index is 0. The van der Waals surface area contributed by atoms with E-state index in [1.165, 1.54) is 0 Å². The number of carbonyl (C=O) groups excluding carboxylic acids is 8. The standard InChI is InChI=1S/8C6H14N4O2.Ru/c8*7-4(5(11)12)2-1-3-10-6(8)9;/h8*4H,1-3,7H2,(H,11,12)(H4,8,9,10);/q;;;;;;;;+8/p-8/t8*4-;/m00000000./s1. The van der Waals surface area contributed by atoms with Crippen LogP contribution in [0.2, 0.25) is 0 Å². The summed E-state index contributed by atoms with van der Waals surface area (Å²) in [5.74, 6) is -10.0. The van der Waals surface area contributed by atoms with E-state index in [4.69, 9.17) is 138 Å². The number of hydrogen-bond donors (Lipinski definition) is 24. The topological polar surface area (TPSA) is 1040 Å². The molecule has 0 aliphatic rings. The van der Waals surface area contributed by atoms with Gasteiger partial charge in [-0.05, 0) is 103 Å². The van der Waals surface area contributed by atoms with Gasteiger partial charge in [0.05, 0.1) is 47.8 Å². The Bertz CT molecular complexity index is 1900. The van der Waals surface area contributed by atoms with Crippen LogP contribution in [0.25, 0.3) is 0 Å². The second-order valence-corrected chi connectivity index (χ2v) is 19.0. The van der Waals surface area contributed by atoms with Crippen LogP contribution in [0.5, 0.6) is 0 Å². The van der Waals surface area contributed by atoms with Gasteiger partial charge in [-0.15, -0.1) is 0 Å². The van der Waals surface area contributed by atoms with Crippen molar-refractivity contribution in [2.24, 2.45) is 178 Å². The van der Waals surface area contributed by atoms with Crippen LogP contribution in [0.1, 0.15) is 103 Å². The first kappa shape index (κ1) is 106. The van der Waals surface area contributed by atoms with Crippen molar-refractivity contribution in [1.82, 2.24) is 0 Å². The normalized spacial score (nSPS) is 12.0. The summed E-state index contributed by atoms with van der Waals surface area (Å²) in [5.41, 5.74) is 122. The third-order valence-corrected chi connectivity index (χ3v) is 10.2. The number of aliphatic carboxylic acids is 8. The summed E-state index contributed by atoms with van der Waals surface area (Å²) in [4.78, 5) is 110. The van der Waals surface area contributed by atoms with Gasteiger partial charge in [-0.2, -0.15) is 0 Å².